The zero-order valence-electron chi connectivity index (χ0n) is 12.3. The molecule has 1 aromatic carbocycles. The number of benzene rings is 1. The first-order valence-corrected chi connectivity index (χ1v) is 6.85. The van der Waals surface area contributed by atoms with Gasteiger partial charge in [0.25, 0.3) is 5.91 Å². The van der Waals surface area contributed by atoms with Crippen LogP contribution in [0, 0.1) is 0 Å². The van der Waals surface area contributed by atoms with Crippen molar-refractivity contribution < 1.29 is 9.53 Å². The van der Waals surface area contributed by atoms with Crippen molar-refractivity contribution in [2.24, 2.45) is 12.8 Å². The standard InChI is InChI=1S/C15H20N4O2/c1-3-14-11(9-19(2)18-14)8-17-12-4-6-13(7-5-12)21-10-15(16)20/h4-7,9,17H,3,8,10H2,1-2H3,(H2,16,20). The maximum atomic E-state index is 10.6. The molecule has 0 radical (unpaired) electrons. The van der Waals surface area contributed by atoms with Gasteiger partial charge in [0.15, 0.2) is 6.61 Å². The Labute approximate surface area is 123 Å². The maximum absolute atomic E-state index is 10.6. The number of carbonyl (C=O) groups is 1. The average Bonchev–Trinajstić information content (AvgIpc) is 2.84. The van der Waals surface area contributed by atoms with Crippen molar-refractivity contribution in [3.05, 3.63) is 41.7 Å². The number of hydrogen-bond donors (Lipinski definition) is 2. The van der Waals surface area contributed by atoms with Gasteiger partial charge in [-0.3, -0.25) is 9.48 Å². The fourth-order valence-electron chi connectivity index (χ4n) is 2.05. The van der Waals surface area contributed by atoms with Crippen LogP contribution in [0.2, 0.25) is 0 Å². The quantitative estimate of drug-likeness (QED) is 0.808. The van der Waals surface area contributed by atoms with E-state index in [1.165, 1.54) is 5.56 Å². The minimum Gasteiger partial charge on any atom is -0.484 e. The molecule has 0 saturated heterocycles. The Morgan fingerprint density at radius 3 is 2.71 bits per heavy atom. The van der Waals surface area contributed by atoms with E-state index in [1.807, 2.05) is 30.1 Å². The van der Waals surface area contributed by atoms with Gasteiger partial charge < -0.3 is 15.8 Å². The lowest BCUT2D eigenvalue weighted by molar-refractivity contribution is -0.119. The fraction of sp³-hybridized carbons (Fsp3) is 0.333. The molecule has 1 heterocycles. The summed E-state index contributed by atoms with van der Waals surface area (Å²) in [7, 11) is 1.92. The lowest BCUT2D eigenvalue weighted by Gasteiger charge is -2.08. The summed E-state index contributed by atoms with van der Waals surface area (Å²) in [5.41, 5.74) is 8.30. The summed E-state index contributed by atoms with van der Waals surface area (Å²) in [5.74, 6) is 0.135. The lowest BCUT2D eigenvalue weighted by atomic mass is 10.2. The fourth-order valence-corrected chi connectivity index (χ4v) is 2.05. The second-order valence-electron chi connectivity index (χ2n) is 4.76. The predicted octanol–water partition coefficient (Wildman–Crippen LogP) is 1.46. The van der Waals surface area contributed by atoms with Crippen LogP contribution >= 0.6 is 0 Å². The smallest absolute Gasteiger partial charge is 0.255 e. The third-order valence-electron chi connectivity index (χ3n) is 3.05. The number of anilines is 1. The first-order chi connectivity index (χ1) is 10.1. The molecule has 2 aromatic rings. The molecule has 0 aliphatic heterocycles. The number of amides is 1. The van der Waals surface area contributed by atoms with Gasteiger partial charge in [0.05, 0.1) is 5.69 Å². The highest BCUT2D eigenvalue weighted by Crippen LogP contribution is 2.17. The van der Waals surface area contributed by atoms with Gasteiger partial charge >= 0.3 is 0 Å². The van der Waals surface area contributed by atoms with Crippen LogP contribution in [-0.2, 0) is 24.8 Å². The number of nitrogens with one attached hydrogen (secondary N) is 1. The molecule has 6 nitrogen and oxygen atoms in total. The van der Waals surface area contributed by atoms with Gasteiger partial charge in [0.1, 0.15) is 5.75 Å². The van der Waals surface area contributed by atoms with Gasteiger partial charge in [0.2, 0.25) is 0 Å². The number of primary amides is 1. The van der Waals surface area contributed by atoms with E-state index in [-0.39, 0.29) is 6.61 Å². The number of rotatable bonds is 7. The molecule has 0 saturated carbocycles. The molecule has 0 atom stereocenters. The number of aromatic nitrogens is 2. The summed E-state index contributed by atoms with van der Waals surface area (Å²) in [4.78, 5) is 10.6. The van der Waals surface area contributed by atoms with Crippen LogP contribution in [-0.4, -0.2) is 22.3 Å². The van der Waals surface area contributed by atoms with Gasteiger partial charge in [-0.15, -0.1) is 0 Å². The Morgan fingerprint density at radius 2 is 2.10 bits per heavy atom. The summed E-state index contributed by atoms with van der Waals surface area (Å²) in [6.45, 7) is 2.71. The molecule has 1 aromatic heterocycles. The Bertz CT molecular complexity index is 605. The number of ether oxygens (including phenoxy) is 1. The van der Waals surface area contributed by atoms with Crippen molar-refractivity contribution >= 4 is 11.6 Å². The largest absolute Gasteiger partial charge is 0.484 e. The summed E-state index contributed by atoms with van der Waals surface area (Å²) >= 11 is 0. The van der Waals surface area contributed by atoms with Crippen LogP contribution in [0.3, 0.4) is 0 Å². The summed E-state index contributed by atoms with van der Waals surface area (Å²) < 4.78 is 7.04. The maximum Gasteiger partial charge on any atom is 0.255 e. The minimum atomic E-state index is -0.485. The third-order valence-corrected chi connectivity index (χ3v) is 3.05. The molecule has 0 aliphatic rings. The van der Waals surface area contributed by atoms with E-state index >= 15 is 0 Å². The molecule has 6 heteroatoms. The van der Waals surface area contributed by atoms with Crippen molar-refractivity contribution in [1.82, 2.24) is 9.78 Å². The number of nitrogens with two attached hydrogens (primary N) is 1. The molecule has 21 heavy (non-hydrogen) atoms. The van der Waals surface area contributed by atoms with Crippen LogP contribution in [0.1, 0.15) is 18.2 Å². The van der Waals surface area contributed by atoms with E-state index in [2.05, 4.69) is 17.3 Å². The molecule has 0 fully saturated rings. The normalized spacial score (nSPS) is 10.4. The lowest BCUT2D eigenvalue weighted by Crippen LogP contribution is -2.19. The van der Waals surface area contributed by atoms with E-state index in [0.29, 0.717) is 5.75 Å². The Morgan fingerprint density at radius 1 is 1.38 bits per heavy atom. The molecule has 0 unspecified atom stereocenters. The number of nitrogens with zero attached hydrogens (tertiary/aromatic N) is 2. The third kappa shape index (κ3) is 4.24. The highest BCUT2D eigenvalue weighted by molar-refractivity contribution is 5.75. The SMILES string of the molecule is CCc1nn(C)cc1CNc1ccc(OCC(N)=O)cc1. The van der Waals surface area contributed by atoms with Crippen molar-refractivity contribution in [3.8, 4) is 5.75 Å². The first kappa shape index (κ1) is 14.9. The van der Waals surface area contributed by atoms with Gasteiger partial charge in [-0.25, -0.2) is 0 Å². The summed E-state index contributed by atoms with van der Waals surface area (Å²) in [5, 5.41) is 7.75. The van der Waals surface area contributed by atoms with Crippen LogP contribution in [0.4, 0.5) is 5.69 Å². The first-order valence-electron chi connectivity index (χ1n) is 6.85. The summed E-state index contributed by atoms with van der Waals surface area (Å²) in [6.07, 6.45) is 2.94. The molecular formula is C15H20N4O2. The molecule has 2 rings (SSSR count). The van der Waals surface area contributed by atoms with Gasteiger partial charge in [0, 0.05) is 31.0 Å². The van der Waals surface area contributed by atoms with Gasteiger partial charge in [-0.2, -0.15) is 5.10 Å². The molecule has 0 bridgehead atoms. The number of aryl methyl sites for hydroxylation is 2. The Kier molecular flexibility index (Phi) is 4.81. The molecule has 0 spiro atoms. The number of carbonyl (C=O) groups excluding carboxylic acids is 1. The molecule has 0 aliphatic carbocycles. The van der Waals surface area contributed by atoms with Crippen molar-refractivity contribution in [2.75, 3.05) is 11.9 Å². The van der Waals surface area contributed by atoms with Gasteiger partial charge in [-0.05, 0) is 30.7 Å². The molecular weight excluding hydrogens is 268 g/mol. The van der Waals surface area contributed by atoms with Crippen LogP contribution < -0.4 is 15.8 Å². The van der Waals surface area contributed by atoms with E-state index < -0.39 is 5.91 Å². The average molecular weight is 288 g/mol. The second-order valence-corrected chi connectivity index (χ2v) is 4.76. The number of hydrogen-bond acceptors (Lipinski definition) is 4. The van der Waals surface area contributed by atoms with E-state index in [9.17, 15) is 4.79 Å². The minimum absolute atomic E-state index is 0.109. The monoisotopic (exact) mass is 288 g/mol. The highest BCUT2D eigenvalue weighted by Gasteiger charge is 2.05. The van der Waals surface area contributed by atoms with Crippen molar-refractivity contribution in [1.29, 1.82) is 0 Å². The second kappa shape index (κ2) is 6.78. The molecule has 112 valence electrons. The predicted molar refractivity (Wildman–Crippen MR) is 81.0 cm³/mol. The van der Waals surface area contributed by atoms with Crippen molar-refractivity contribution in [3.63, 3.8) is 0 Å². The van der Waals surface area contributed by atoms with E-state index in [0.717, 1.165) is 24.3 Å². The highest BCUT2D eigenvalue weighted by atomic mass is 16.5. The Balaban J connectivity index is 1.92. The zero-order valence-corrected chi connectivity index (χ0v) is 12.3. The summed E-state index contributed by atoms with van der Waals surface area (Å²) in [6, 6.07) is 7.40. The zero-order chi connectivity index (χ0) is 15.2. The molecule has 3 N–H and O–H groups in total. The van der Waals surface area contributed by atoms with Crippen LogP contribution in [0.5, 0.6) is 5.75 Å². The Hall–Kier alpha value is -2.50. The van der Waals surface area contributed by atoms with E-state index in [1.54, 1.807) is 12.1 Å². The van der Waals surface area contributed by atoms with Crippen LogP contribution in [0.15, 0.2) is 30.5 Å². The topological polar surface area (TPSA) is 82.2 Å². The van der Waals surface area contributed by atoms with Crippen LogP contribution in [0.25, 0.3) is 0 Å². The van der Waals surface area contributed by atoms with E-state index in [4.69, 9.17) is 10.5 Å². The van der Waals surface area contributed by atoms with Crippen molar-refractivity contribution in [2.45, 2.75) is 19.9 Å². The van der Waals surface area contributed by atoms with Gasteiger partial charge in [-0.1, -0.05) is 6.92 Å². The molecule has 1 amide bonds.